The summed E-state index contributed by atoms with van der Waals surface area (Å²) in [5.74, 6) is -0.836. The molecule has 5 heteroatoms. The topological polar surface area (TPSA) is 29.1 Å². The highest BCUT2D eigenvalue weighted by Gasteiger charge is 2.08. The van der Waals surface area contributed by atoms with Crippen molar-refractivity contribution in [3.63, 3.8) is 0 Å². The second kappa shape index (κ2) is 6.04. The van der Waals surface area contributed by atoms with E-state index in [2.05, 4.69) is 5.32 Å². The van der Waals surface area contributed by atoms with Gasteiger partial charge in [-0.1, -0.05) is 35.3 Å². The van der Waals surface area contributed by atoms with Gasteiger partial charge in [0.2, 0.25) is 5.91 Å². The molecule has 1 N–H and O–H groups in total. The molecule has 2 aromatic rings. The lowest BCUT2D eigenvalue weighted by Gasteiger charge is -2.07. The van der Waals surface area contributed by atoms with Crippen molar-refractivity contribution in [3.05, 3.63) is 63.9 Å². The van der Waals surface area contributed by atoms with E-state index >= 15 is 0 Å². The Bertz CT molecular complexity index is 599. The van der Waals surface area contributed by atoms with Crippen molar-refractivity contribution >= 4 is 34.8 Å². The summed E-state index contributed by atoms with van der Waals surface area (Å²) in [6, 6.07) is 10.9. The molecule has 0 aliphatic carbocycles. The number of anilines is 1. The van der Waals surface area contributed by atoms with Crippen LogP contribution in [0.15, 0.2) is 42.5 Å². The quantitative estimate of drug-likeness (QED) is 0.898. The van der Waals surface area contributed by atoms with Crippen LogP contribution in [0.1, 0.15) is 5.56 Å². The zero-order chi connectivity index (χ0) is 13.8. The van der Waals surface area contributed by atoms with Gasteiger partial charge in [-0.2, -0.15) is 0 Å². The summed E-state index contributed by atoms with van der Waals surface area (Å²) >= 11 is 11.5. The molecule has 98 valence electrons. The van der Waals surface area contributed by atoms with Crippen molar-refractivity contribution < 1.29 is 9.18 Å². The van der Waals surface area contributed by atoms with Gasteiger partial charge in [0.25, 0.3) is 0 Å². The first-order valence-corrected chi connectivity index (χ1v) is 6.29. The molecule has 0 heterocycles. The lowest BCUT2D eigenvalue weighted by atomic mass is 10.1. The van der Waals surface area contributed by atoms with Crippen LogP contribution in [-0.2, 0) is 11.2 Å². The monoisotopic (exact) mass is 297 g/mol. The Morgan fingerprint density at radius 2 is 1.68 bits per heavy atom. The molecule has 0 bridgehead atoms. The maximum absolute atomic E-state index is 13.4. The number of rotatable bonds is 3. The van der Waals surface area contributed by atoms with Gasteiger partial charge < -0.3 is 5.32 Å². The van der Waals surface area contributed by atoms with Gasteiger partial charge in [0.05, 0.1) is 12.1 Å². The second-order valence-corrected chi connectivity index (χ2v) is 4.85. The zero-order valence-electron chi connectivity index (χ0n) is 9.79. The zero-order valence-corrected chi connectivity index (χ0v) is 11.3. The smallest absolute Gasteiger partial charge is 0.228 e. The van der Waals surface area contributed by atoms with Gasteiger partial charge in [-0.3, -0.25) is 4.79 Å². The Kier molecular flexibility index (Phi) is 4.40. The molecule has 0 fully saturated rings. The Labute approximate surface area is 120 Å². The molecule has 0 saturated heterocycles. The number of hydrogen-bond donors (Lipinski definition) is 1. The number of amides is 1. The van der Waals surface area contributed by atoms with E-state index < -0.39 is 5.82 Å². The van der Waals surface area contributed by atoms with Gasteiger partial charge in [0, 0.05) is 10.0 Å². The molecule has 2 nitrogen and oxygen atoms in total. The maximum atomic E-state index is 13.4. The summed E-state index contributed by atoms with van der Waals surface area (Å²) in [7, 11) is 0. The van der Waals surface area contributed by atoms with E-state index in [9.17, 15) is 9.18 Å². The Balaban J connectivity index is 2.05. The highest BCUT2D eigenvalue weighted by molar-refractivity contribution is 6.31. The molecular weight excluding hydrogens is 288 g/mol. The van der Waals surface area contributed by atoms with E-state index in [-0.39, 0.29) is 18.0 Å². The van der Waals surface area contributed by atoms with E-state index in [1.54, 1.807) is 24.3 Å². The van der Waals surface area contributed by atoms with E-state index in [0.29, 0.717) is 10.0 Å². The average molecular weight is 298 g/mol. The molecule has 0 spiro atoms. The lowest BCUT2D eigenvalue weighted by Crippen LogP contribution is -2.15. The Morgan fingerprint density at radius 3 is 2.37 bits per heavy atom. The van der Waals surface area contributed by atoms with Crippen molar-refractivity contribution in [2.24, 2.45) is 0 Å². The molecule has 0 aliphatic rings. The largest absolute Gasteiger partial charge is 0.323 e. The first kappa shape index (κ1) is 13.8. The van der Waals surface area contributed by atoms with Gasteiger partial charge in [-0.25, -0.2) is 4.39 Å². The van der Waals surface area contributed by atoms with E-state index in [4.69, 9.17) is 23.2 Å². The van der Waals surface area contributed by atoms with Crippen LogP contribution in [-0.4, -0.2) is 5.91 Å². The average Bonchev–Trinajstić information content (AvgIpc) is 2.37. The standard InChI is InChI=1S/C14H10Cl2FNO/c15-10-3-1-9(2-4-10)7-14(19)18-13-8-11(16)5-6-12(13)17/h1-6,8H,7H2,(H,18,19). The van der Waals surface area contributed by atoms with Crippen molar-refractivity contribution in [2.75, 3.05) is 5.32 Å². The fourth-order valence-electron chi connectivity index (χ4n) is 1.58. The van der Waals surface area contributed by atoms with Crippen LogP contribution in [0.3, 0.4) is 0 Å². The normalized spacial score (nSPS) is 10.3. The van der Waals surface area contributed by atoms with Gasteiger partial charge >= 0.3 is 0 Å². The van der Waals surface area contributed by atoms with Crippen LogP contribution in [0.2, 0.25) is 10.0 Å². The fraction of sp³-hybridized carbons (Fsp3) is 0.0714. The number of hydrogen-bond acceptors (Lipinski definition) is 1. The number of nitrogens with one attached hydrogen (secondary N) is 1. The molecule has 2 rings (SSSR count). The SMILES string of the molecule is O=C(Cc1ccc(Cl)cc1)Nc1cc(Cl)ccc1F. The molecular formula is C14H10Cl2FNO. The van der Waals surface area contributed by atoms with Gasteiger partial charge in [0.1, 0.15) is 5.82 Å². The Morgan fingerprint density at radius 1 is 1.05 bits per heavy atom. The van der Waals surface area contributed by atoms with Crippen LogP contribution >= 0.6 is 23.2 Å². The number of benzene rings is 2. The molecule has 0 aliphatic heterocycles. The third-order valence-electron chi connectivity index (χ3n) is 2.48. The highest BCUT2D eigenvalue weighted by atomic mass is 35.5. The van der Waals surface area contributed by atoms with Crippen LogP contribution in [0, 0.1) is 5.82 Å². The Hall–Kier alpha value is -1.58. The molecule has 2 aromatic carbocycles. The predicted molar refractivity (Wildman–Crippen MR) is 75.2 cm³/mol. The molecule has 0 unspecified atom stereocenters. The fourth-order valence-corrected chi connectivity index (χ4v) is 1.87. The summed E-state index contributed by atoms with van der Waals surface area (Å²) < 4.78 is 13.4. The van der Waals surface area contributed by atoms with E-state index in [1.807, 2.05) is 0 Å². The van der Waals surface area contributed by atoms with Crippen molar-refractivity contribution in [1.82, 2.24) is 0 Å². The maximum Gasteiger partial charge on any atom is 0.228 e. The minimum atomic E-state index is -0.520. The number of halogens is 3. The number of carbonyl (C=O) groups is 1. The van der Waals surface area contributed by atoms with Crippen LogP contribution in [0.5, 0.6) is 0 Å². The molecule has 0 atom stereocenters. The van der Waals surface area contributed by atoms with Gasteiger partial charge in [-0.15, -0.1) is 0 Å². The third kappa shape index (κ3) is 3.94. The molecule has 0 radical (unpaired) electrons. The third-order valence-corrected chi connectivity index (χ3v) is 2.97. The van der Waals surface area contributed by atoms with Crippen LogP contribution < -0.4 is 5.32 Å². The van der Waals surface area contributed by atoms with Gasteiger partial charge in [0.15, 0.2) is 0 Å². The summed E-state index contributed by atoms with van der Waals surface area (Å²) in [5, 5.41) is 3.45. The lowest BCUT2D eigenvalue weighted by molar-refractivity contribution is -0.115. The number of carbonyl (C=O) groups excluding carboxylic acids is 1. The van der Waals surface area contributed by atoms with E-state index in [0.717, 1.165) is 5.56 Å². The minimum Gasteiger partial charge on any atom is -0.323 e. The first-order valence-electron chi connectivity index (χ1n) is 5.54. The molecule has 0 aromatic heterocycles. The summed E-state index contributed by atoms with van der Waals surface area (Å²) in [4.78, 5) is 11.8. The van der Waals surface area contributed by atoms with Crippen molar-refractivity contribution in [1.29, 1.82) is 0 Å². The molecule has 0 saturated carbocycles. The van der Waals surface area contributed by atoms with E-state index in [1.165, 1.54) is 18.2 Å². The summed E-state index contributed by atoms with van der Waals surface area (Å²) in [6.07, 6.45) is 0.142. The van der Waals surface area contributed by atoms with Gasteiger partial charge in [-0.05, 0) is 35.9 Å². The van der Waals surface area contributed by atoms with Crippen molar-refractivity contribution in [3.8, 4) is 0 Å². The predicted octanol–water partition coefficient (Wildman–Crippen LogP) is 4.31. The summed E-state index contributed by atoms with van der Waals surface area (Å²) in [6.45, 7) is 0. The molecule has 1 amide bonds. The highest BCUT2D eigenvalue weighted by Crippen LogP contribution is 2.20. The molecule has 19 heavy (non-hydrogen) atoms. The van der Waals surface area contributed by atoms with Crippen LogP contribution in [0.4, 0.5) is 10.1 Å². The van der Waals surface area contributed by atoms with Crippen molar-refractivity contribution in [2.45, 2.75) is 6.42 Å². The first-order chi connectivity index (χ1) is 9.04. The second-order valence-electron chi connectivity index (χ2n) is 3.98. The summed E-state index contributed by atoms with van der Waals surface area (Å²) in [5.41, 5.74) is 0.871. The van der Waals surface area contributed by atoms with Crippen LogP contribution in [0.25, 0.3) is 0 Å². The minimum absolute atomic E-state index is 0.0754.